The van der Waals surface area contributed by atoms with Crippen LogP contribution in [0.1, 0.15) is 11.1 Å². The fourth-order valence-corrected chi connectivity index (χ4v) is 2.61. The minimum absolute atomic E-state index is 0.0223. The average molecular weight is 336 g/mol. The number of hydrogen-bond donors (Lipinski definition) is 2. The molecular weight excluding hydrogens is 318 g/mol. The van der Waals surface area contributed by atoms with Gasteiger partial charge in [-0.2, -0.15) is 0 Å². The quantitative estimate of drug-likeness (QED) is 0.852. The maximum atomic E-state index is 9.52. The molecule has 2 aromatic rings. The first-order valence-electron chi connectivity index (χ1n) is 6.53. The molecule has 0 aromatic heterocycles. The molecule has 2 rings (SSSR count). The Balaban J connectivity index is 2.28. The number of halogens is 1. The van der Waals surface area contributed by atoms with Gasteiger partial charge in [-0.05, 0) is 23.8 Å². The Kier molecular flexibility index (Phi) is 5.59. The largest absolute Gasteiger partial charge is 0.395 e. The van der Waals surface area contributed by atoms with Gasteiger partial charge in [-0.25, -0.2) is 0 Å². The molecule has 0 atom stereocenters. The van der Waals surface area contributed by atoms with E-state index in [1.807, 2.05) is 36.4 Å². The van der Waals surface area contributed by atoms with Gasteiger partial charge in [0.05, 0.1) is 13.2 Å². The molecule has 0 saturated carbocycles. The first kappa shape index (κ1) is 15.0. The van der Waals surface area contributed by atoms with Gasteiger partial charge >= 0.3 is 0 Å². The number of nitrogens with zero attached hydrogens (tertiary/aromatic N) is 1. The van der Waals surface area contributed by atoms with E-state index >= 15 is 0 Å². The average Bonchev–Trinajstić information content (AvgIpc) is 2.48. The van der Waals surface area contributed by atoms with Crippen molar-refractivity contribution in [1.82, 2.24) is 0 Å². The zero-order valence-electron chi connectivity index (χ0n) is 11.2. The Morgan fingerprint density at radius 3 is 2.40 bits per heavy atom. The number of aliphatic hydroxyl groups excluding tert-OH is 2. The van der Waals surface area contributed by atoms with E-state index in [0.29, 0.717) is 13.1 Å². The molecule has 20 heavy (non-hydrogen) atoms. The molecule has 0 amide bonds. The van der Waals surface area contributed by atoms with E-state index < -0.39 is 0 Å². The second-order valence-electron chi connectivity index (χ2n) is 4.56. The minimum atomic E-state index is -0.0223. The molecular formula is C16H18BrNO2. The van der Waals surface area contributed by atoms with Crippen LogP contribution in [0, 0.1) is 0 Å². The van der Waals surface area contributed by atoms with Crippen molar-refractivity contribution >= 4 is 21.6 Å². The first-order valence-corrected chi connectivity index (χ1v) is 7.33. The summed E-state index contributed by atoms with van der Waals surface area (Å²) in [7, 11) is 0. The summed E-state index contributed by atoms with van der Waals surface area (Å²) in [5.41, 5.74) is 2.98. The van der Waals surface area contributed by atoms with Crippen LogP contribution in [0.15, 0.2) is 53.0 Å². The van der Waals surface area contributed by atoms with Crippen LogP contribution in [0.2, 0.25) is 0 Å². The SMILES string of the molecule is OCCN(Cc1ccccc1)c1ccc(Br)cc1CO. The number of benzene rings is 2. The molecule has 4 heteroatoms. The van der Waals surface area contributed by atoms with Gasteiger partial charge in [0.15, 0.2) is 0 Å². The highest BCUT2D eigenvalue weighted by Gasteiger charge is 2.11. The van der Waals surface area contributed by atoms with Crippen LogP contribution in [-0.4, -0.2) is 23.4 Å². The maximum Gasteiger partial charge on any atom is 0.0702 e. The number of rotatable bonds is 6. The van der Waals surface area contributed by atoms with Gasteiger partial charge in [-0.3, -0.25) is 0 Å². The molecule has 2 aromatic carbocycles. The van der Waals surface area contributed by atoms with Crippen LogP contribution in [0.4, 0.5) is 5.69 Å². The van der Waals surface area contributed by atoms with E-state index in [1.54, 1.807) is 0 Å². The minimum Gasteiger partial charge on any atom is -0.395 e. The van der Waals surface area contributed by atoms with Crippen LogP contribution in [-0.2, 0) is 13.2 Å². The summed E-state index contributed by atoms with van der Waals surface area (Å²) in [6.07, 6.45) is 0. The predicted molar refractivity (Wildman–Crippen MR) is 84.6 cm³/mol. The molecule has 0 heterocycles. The normalized spacial score (nSPS) is 10.6. The molecule has 0 spiro atoms. The Morgan fingerprint density at radius 2 is 1.75 bits per heavy atom. The van der Waals surface area contributed by atoms with Gasteiger partial charge in [0, 0.05) is 28.8 Å². The molecule has 0 aliphatic rings. The summed E-state index contributed by atoms with van der Waals surface area (Å²) in [5.74, 6) is 0. The summed E-state index contributed by atoms with van der Waals surface area (Å²) >= 11 is 3.41. The third-order valence-electron chi connectivity index (χ3n) is 3.14. The van der Waals surface area contributed by atoms with Gasteiger partial charge in [0.1, 0.15) is 0 Å². The lowest BCUT2D eigenvalue weighted by Crippen LogP contribution is -2.27. The molecule has 0 saturated heterocycles. The van der Waals surface area contributed by atoms with Gasteiger partial charge < -0.3 is 15.1 Å². The Morgan fingerprint density at radius 1 is 1.00 bits per heavy atom. The van der Waals surface area contributed by atoms with Crippen molar-refractivity contribution in [2.24, 2.45) is 0 Å². The van der Waals surface area contributed by atoms with E-state index in [-0.39, 0.29) is 13.2 Å². The molecule has 0 aliphatic carbocycles. The summed E-state index contributed by atoms with van der Waals surface area (Å²) in [6, 6.07) is 15.9. The number of hydrogen-bond acceptors (Lipinski definition) is 3. The highest BCUT2D eigenvalue weighted by molar-refractivity contribution is 9.10. The monoisotopic (exact) mass is 335 g/mol. The molecule has 0 unspecified atom stereocenters. The van der Waals surface area contributed by atoms with Gasteiger partial charge in [0.25, 0.3) is 0 Å². The zero-order valence-corrected chi connectivity index (χ0v) is 12.8. The summed E-state index contributed by atoms with van der Waals surface area (Å²) in [4.78, 5) is 2.08. The van der Waals surface area contributed by atoms with E-state index in [9.17, 15) is 10.2 Å². The van der Waals surface area contributed by atoms with Gasteiger partial charge in [0.2, 0.25) is 0 Å². The smallest absolute Gasteiger partial charge is 0.0702 e. The standard InChI is InChI=1S/C16H18BrNO2/c17-15-6-7-16(14(10-15)12-20)18(8-9-19)11-13-4-2-1-3-5-13/h1-7,10,19-20H,8-9,11-12H2. The van der Waals surface area contributed by atoms with Crippen molar-refractivity contribution in [1.29, 1.82) is 0 Å². The molecule has 2 N–H and O–H groups in total. The molecule has 0 fully saturated rings. The number of aliphatic hydroxyl groups is 2. The third kappa shape index (κ3) is 3.82. The summed E-state index contributed by atoms with van der Waals surface area (Å²) in [6.45, 7) is 1.29. The second-order valence-corrected chi connectivity index (χ2v) is 5.48. The Labute approximate surface area is 127 Å². The molecule has 106 valence electrons. The molecule has 0 bridgehead atoms. The summed E-state index contributed by atoms with van der Waals surface area (Å²) < 4.78 is 0.939. The van der Waals surface area contributed by atoms with E-state index in [1.165, 1.54) is 5.56 Å². The van der Waals surface area contributed by atoms with Crippen LogP contribution in [0.5, 0.6) is 0 Å². The third-order valence-corrected chi connectivity index (χ3v) is 3.63. The van der Waals surface area contributed by atoms with Crippen LogP contribution >= 0.6 is 15.9 Å². The van der Waals surface area contributed by atoms with Gasteiger partial charge in [-0.15, -0.1) is 0 Å². The van der Waals surface area contributed by atoms with E-state index in [0.717, 1.165) is 15.7 Å². The van der Waals surface area contributed by atoms with Crippen molar-refractivity contribution in [2.75, 3.05) is 18.1 Å². The predicted octanol–water partition coefficient (Wildman–Crippen LogP) is 2.94. The molecule has 0 radical (unpaired) electrons. The highest BCUT2D eigenvalue weighted by atomic mass is 79.9. The van der Waals surface area contributed by atoms with Crippen LogP contribution < -0.4 is 4.90 Å². The van der Waals surface area contributed by atoms with E-state index in [4.69, 9.17) is 0 Å². The second kappa shape index (κ2) is 7.43. The fraction of sp³-hybridized carbons (Fsp3) is 0.250. The highest BCUT2D eigenvalue weighted by Crippen LogP contribution is 2.26. The maximum absolute atomic E-state index is 9.52. The zero-order chi connectivity index (χ0) is 14.4. The van der Waals surface area contributed by atoms with Crippen molar-refractivity contribution in [3.8, 4) is 0 Å². The fourth-order valence-electron chi connectivity index (χ4n) is 2.20. The number of anilines is 1. The Hall–Kier alpha value is -1.36. The van der Waals surface area contributed by atoms with Crippen molar-refractivity contribution in [3.63, 3.8) is 0 Å². The summed E-state index contributed by atoms with van der Waals surface area (Å²) in [5, 5.41) is 18.8. The lowest BCUT2D eigenvalue weighted by Gasteiger charge is -2.26. The van der Waals surface area contributed by atoms with Crippen LogP contribution in [0.3, 0.4) is 0 Å². The topological polar surface area (TPSA) is 43.7 Å². The lowest BCUT2D eigenvalue weighted by atomic mass is 10.1. The Bertz CT molecular complexity index is 545. The molecule has 3 nitrogen and oxygen atoms in total. The first-order chi connectivity index (χ1) is 9.74. The van der Waals surface area contributed by atoms with Crippen molar-refractivity contribution < 1.29 is 10.2 Å². The lowest BCUT2D eigenvalue weighted by molar-refractivity contribution is 0.280. The molecule has 0 aliphatic heterocycles. The van der Waals surface area contributed by atoms with Crippen molar-refractivity contribution in [2.45, 2.75) is 13.2 Å². The van der Waals surface area contributed by atoms with Gasteiger partial charge in [-0.1, -0.05) is 46.3 Å². The van der Waals surface area contributed by atoms with Crippen LogP contribution in [0.25, 0.3) is 0 Å². The van der Waals surface area contributed by atoms with E-state index in [2.05, 4.69) is 33.0 Å². The van der Waals surface area contributed by atoms with Crippen molar-refractivity contribution in [3.05, 3.63) is 64.1 Å².